The van der Waals surface area contributed by atoms with Crippen molar-refractivity contribution in [2.45, 2.75) is 33.2 Å². The van der Waals surface area contributed by atoms with E-state index in [-0.39, 0.29) is 25.1 Å². The summed E-state index contributed by atoms with van der Waals surface area (Å²) in [6.07, 6.45) is 3.78. The Balaban J connectivity index is 1.56. The van der Waals surface area contributed by atoms with Gasteiger partial charge >= 0.3 is 5.97 Å². The molecule has 6 nitrogen and oxygen atoms in total. The average Bonchev–Trinajstić information content (AvgIpc) is 3.25. The minimum atomic E-state index is -0.523. The van der Waals surface area contributed by atoms with E-state index in [1.165, 1.54) is 0 Å². The molecule has 4 rings (SSSR count). The third kappa shape index (κ3) is 3.57. The number of imidazole rings is 1. The van der Waals surface area contributed by atoms with Crippen molar-refractivity contribution in [1.29, 1.82) is 0 Å². The molecule has 6 heteroatoms. The highest BCUT2D eigenvalue weighted by Crippen LogP contribution is 2.27. The SMILES string of the molecule is CC(C)OCc1c(C(=O)OCc2cn3ccccc3n2)oc2ccccc12. The number of hydrogen-bond donors (Lipinski definition) is 0. The first-order valence-electron chi connectivity index (χ1n) is 8.83. The predicted octanol–water partition coefficient (Wildman–Crippen LogP) is 4.36. The van der Waals surface area contributed by atoms with Gasteiger partial charge in [-0.05, 0) is 32.0 Å². The van der Waals surface area contributed by atoms with Gasteiger partial charge in [-0.1, -0.05) is 24.3 Å². The third-order valence-electron chi connectivity index (χ3n) is 4.21. The quantitative estimate of drug-likeness (QED) is 0.476. The zero-order valence-electron chi connectivity index (χ0n) is 15.2. The number of rotatable bonds is 6. The zero-order valence-corrected chi connectivity index (χ0v) is 15.2. The standard InChI is InChI=1S/C21H20N2O4/c1-14(2)25-13-17-16-7-3-4-8-18(16)27-20(17)21(24)26-12-15-11-23-10-6-5-9-19(23)22-15/h3-11,14H,12-13H2,1-2H3. The van der Waals surface area contributed by atoms with Crippen LogP contribution in [0.5, 0.6) is 0 Å². The molecule has 0 bridgehead atoms. The van der Waals surface area contributed by atoms with Crippen molar-refractivity contribution in [2.75, 3.05) is 0 Å². The molecule has 3 heterocycles. The lowest BCUT2D eigenvalue weighted by molar-refractivity contribution is 0.0408. The van der Waals surface area contributed by atoms with Crippen molar-refractivity contribution in [3.05, 3.63) is 71.9 Å². The summed E-state index contributed by atoms with van der Waals surface area (Å²) < 4.78 is 18.8. The third-order valence-corrected chi connectivity index (χ3v) is 4.21. The van der Waals surface area contributed by atoms with Crippen LogP contribution in [0.2, 0.25) is 0 Å². The number of nitrogens with zero attached hydrogens (tertiary/aromatic N) is 2. The topological polar surface area (TPSA) is 66.0 Å². The molecule has 0 saturated heterocycles. The molecule has 0 aliphatic carbocycles. The van der Waals surface area contributed by atoms with Gasteiger partial charge in [0.1, 0.15) is 17.8 Å². The molecule has 0 N–H and O–H groups in total. The number of hydrogen-bond acceptors (Lipinski definition) is 5. The minimum Gasteiger partial charge on any atom is -0.453 e. The van der Waals surface area contributed by atoms with Gasteiger partial charge in [0.15, 0.2) is 0 Å². The molecule has 138 valence electrons. The first-order chi connectivity index (χ1) is 13.1. The van der Waals surface area contributed by atoms with Gasteiger partial charge in [0, 0.05) is 23.3 Å². The highest BCUT2D eigenvalue weighted by Gasteiger charge is 2.22. The maximum absolute atomic E-state index is 12.7. The minimum absolute atomic E-state index is 0.0421. The second-order valence-corrected chi connectivity index (χ2v) is 6.54. The molecular weight excluding hydrogens is 344 g/mol. The number of para-hydroxylation sites is 1. The summed E-state index contributed by atoms with van der Waals surface area (Å²) in [5.74, 6) is -0.341. The Kier molecular flexibility index (Phi) is 4.64. The smallest absolute Gasteiger partial charge is 0.375 e. The maximum atomic E-state index is 12.7. The highest BCUT2D eigenvalue weighted by molar-refractivity contribution is 5.96. The van der Waals surface area contributed by atoms with E-state index in [0.29, 0.717) is 16.8 Å². The van der Waals surface area contributed by atoms with Crippen LogP contribution in [0.4, 0.5) is 0 Å². The fourth-order valence-electron chi connectivity index (χ4n) is 2.92. The van der Waals surface area contributed by atoms with Crippen molar-refractivity contribution in [2.24, 2.45) is 0 Å². The van der Waals surface area contributed by atoms with E-state index >= 15 is 0 Å². The number of benzene rings is 1. The Morgan fingerprint density at radius 3 is 2.78 bits per heavy atom. The molecule has 0 radical (unpaired) electrons. The van der Waals surface area contributed by atoms with E-state index in [0.717, 1.165) is 11.0 Å². The monoisotopic (exact) mass is 364 g/mol. The van der Waals surface area contributed by atoms with E-state index in [2.05, 4.69) is 4.98 Å². The number of ether oxygens (including phenoxy) is 2. The predicted molar refractivity (Wildman–Crippen MR) is 100 cm³/mol. The lowest BCUT2D eigenvalue weighted by Gasteiger charge is -2.08. The fourth-order valence-corrected chi connectivity index (χ4v) is 2.92. The van der Waals surface area contributed by atoms with Gasteiger partial charge in [0.05, 0.1) is 18.4 Å². The van der Waals surface area contributed by atoms with Gasteiger partial charge in [0.25, 0.3) is 0 Å². The Morgan fingerprint density at radius 1 is 1.15 bits per heavy atom. The van der Waals surface area contributed by atoms with Crippen LogP contribution in [0.3, 0.4) is 0 Å². The van der Waals surface area contributed by atoms with Crippen LogP contribution in [0.1, 0.15) is 35.7 Å². The van der Waals surface area contributed by atoms with E-state index in [9.17, 15) is 4.79 Å². The van der Waals surface area contributed by atoms with Gasteiger partial charge in [0.2, 0.25) is 5.76 Å². The first-order valence-corrected chi connectivity index (χ1v) is 8.83. The molecule has 0 unspecified atom stereocenters. The summed E-state index contributed by atoms with van der Waals surface area (Å²) in [5, 5.41) is 0.859. The van der Waals surface area contributed by atoms with Gasteiger partial charge in [-0.3, -0.25) is 0 Å². The lowest BCUT2D eigenvalue weighted by Crippen LogP contribution is -2.09. The Bertz CT molecular complexity index is 1060. The van der Waals surface area contributed by atoms with Crippen molar-refractivity contribution in [3.8, 4) is 0 Å². The summed E-state index contributed by atoms with van der Waals surface area (Å²) in [6, 6.07) is 13.2. The first kappa shape index (κ1) is 17.3. The number of esters is 1. The molecule has 1 aromatic carbocycles. The van der Waals surface area contributed by atoms with Crippen LogP contribution in [0, 0.1) is 0 Å². The fraction of sp³-hybridized carbons (Fsp3) is 0.238. The van der Waals surface area contributed by atoms with Crippen molar-refractivity contribution in [1.82, 2.24) is 9.38 Å². The molecule has 0 saturated carbocycles. The van der Waals surface area contributed by atoms with Crippen molar-refractivity contribution in [3.63, 3.8) is 0 Å². The second kappa shape index (κ2) is 7.25. The largest absolute Gasteiger partial charge is 0.453 e. The zero-order chi connectivity index (χ0) is 18.8. The molecule has 27 heavy (non-hydrogen) atoms. The number of carbonyl (C=O) groups is 1. The van der Waals surface area contributed by atoms with Gasteiger partial charge in [-0.2, -0.15) is 0 Å². The van der Waals surface area contributed by atoms with Crippen LogP contribution >= 0.6 is 0 Å². The van der Waals surface area contributed by atoms with Crippen LogP contribution in [0.15, 0.2) is 59.3 Å². The summed E-state index contributed by atoms with van der Waals surface area (Å²) in [4.78, 5) is 17.1. The molecule has 0 atom stereocenters. The highest BCUT2D eigenvalue weighted by atomic mass is 16.5. The molecule has 0 amide bonds. The summed E-state index contributed by atoms with van der Waals surface area (Å²) >= 11 is 0. The second-order valence-electron chi connectivity index (χ2n) is 6.54. The molecule has 0 spiro atoms. The van der Waals surface area contributed by atoms with E-state index in [1.54, 1.807) is 0 Å². The Morgan fingerprint density at radius 2 is 1.96 bits per heavy atom. The number of carbonyl (C=O) groups excluding carboxylic acids is 1. The summed E-state index contributed by atoms with van der Waals surface area (Å²) in [7, 11) is 0. The lowest BCUT2D eigenvalue weighted by atomic mass is 10.1. The van der Waals surface area contributed by atoms with Gasteiger partial charge < -0.3 is 18.3 Å². The Labute approximate surface area is 156 Å². The normalized spacial score (nSPS) is 11.5. The summed E-state index contributed by atoms with van der Waals surface area (Å²) in [6.45, 7) is 4.25. The number of furan rings is 1. The van der Waals surface area contributed by atoms with Crippen molar-refractivity contribution < 1.29 is 18.7 Å². The van der Waals surface area contributed by atoms with Crippen LogP contribution in [-0.4, -0.2) is 21.5 Å². The molecule has 3 aromatic heterocycles. The molecule has 0 fully saturated rings. The number of fused-ring (bicyclic) bond motifs is 2. The van der Waals surface area contributed by atoms with E-state index in [1.807, 2.05) is 73.1 Å². The van der Waals surface area contributed by atoms with Gasteiger partial charge in [-0.15, -0.1) is 0 Å². The van der Waals surface area contributed by atoms with Crippen LogP contribution in [-0.2, 0) is 22.7 Å². The summed E-state index contributed by atoms with van der Waals surface area (Å²) in [5.41, 5.74) is 2.82. The van der Waals surface area contributed by atoms with E-state index < -0.39 is 5.97 Å². The Hall–Kier alpha value is -3.12. The van der Waals surface area contributed by atoms with Crippen molar-refractivity contribution >= 4 is 22.6 Å². The van der Waals surface area contributed by atoms with Gasteiger partial charge in [-0.25, -0.2) is 9.78 Å². The molecule has 0 aliphatic rings. The number of aromatic nitrogens is 2. The maximum Gasteiger partial charge on any atom is 0.375 e. The van der Waals surface area contributed by atoms with E-state index in [4.69, 9.17) is 13.9 Å². The molecular formula is C21H20N2O4. The van der Waals surface area contributed by atoms with Crippen LogP contribution in [0.25, 0.3) is 16.6 Å². The molecule has 0 aliphatic heterocycles. The average molecular weight is 364 g/mol. The van der Waals surface area contributed by atoms with Crippen LogP contribution < -0.4 is 0 Å². The number of pyridine rings is 1. The molecule has 4 aromatic rings.